The van der Waals surface area contributed by atoms with Crippen molar-refractivity contribution in [1.29, 1.82) is 0 Å². The summed E-state index contributed by atoms with van der Waals surface area (Å²) in [6, 6.07) is 6.41. The first-order chi connectivity index (χ1) is 10.2. The Morgan fingerprint density at radius 2 is 2.05 bits per heavy atom. The zero-order valence-electron chi connectivity index (χ0n) is 12.1. The van der Waals surface area contributed by atoms with Crippen molar-refractivity contribution in [3.05, 3.63) is 35.6 Å². The van der Waals surface area contributed by atoms with Gasteiger partial charge in [0.05, 0.1) is 25.9 Å². The van der Waals surface area contributed by atoms with Crippen LogP contribution in [0, 0.1) is 5.82 Å². The van der Waals surface area contributed by atoms with Gasteiger partial charge < -0.3 is 9.84 Å². The second kappa shape index (κ2) is 8.22. The molecule has 2 rings (SSSR count). The number of Topliss-reactive ketones (excluding diaryl/α,β-unsaturated/α-hetero) is 1. The predicted molar refractivity (Wildman–Crippen MR) is 77.6 cm³/mol. The molecular weight excluding hydrogens is 273 g/mol. The molecular formula is C16H22FNO3. The van der Waals surface area contributed by atoms with Gasteiger partial charge in [0.2, 0.25) is 0 Å². The highest BCUT2D eigenvalue weighted by Gasteiger charge is 2.21. The van der Waals surface area contributed by atoms with Crippen LogP contribution in [0.2, 0.25) is 0 Å². The van der Waals surface area contributed by atoms with E-state index in [0.717, 1.165) is 25.9 Å². The van der Waals surface area contributed by atoms with Gasteiger partial charge in [0.1, 0.15) is 5.82 Å². The van der Waals surface area contributed by atoms with Crippen molar-refractivity contribution in [3.63, 3.8) is 0 Å². The lowest BCUT2D eigenvalue weighted by Gasteiger charge is -2.31. The van der Waals surface area contributed by atoms with E-state index < -0.39 is 0 Å². The number of halogens is 1. The molecule has 5 heteroatoms. The van der Waals surface area contributed by atoms with Gasteiger partial charge in [-0.2, -0.15) is 0 Å². The summed E-state index contributed by atoms with van der Waals surface area (Å²) in [7, 11) is 0. The molecule has 1 aliphatic rings. The van der Waals surface area contributed by atoms with Gasteiger partial charge in [-0.15, -0.1) is 0 Å². The van der Waals surface area contributed by atoms with E-state index in [-0.39, 0.29) is 30.7 Å². The lowest BCUT2D eigenvalue weighted by molar-refractivity contribution is -0.120. The quantitative estimate of drug-likeness (QED) is 0.826. The molecule has 0 bridgehead atoms. The molecule has 1 aromatic rings. The monoisotopic (exact) mass is 295 g/mol. The molecule has 21 heavy (non-hydrogen) atoms. The van der Waals surface area contributed by atoms with E-state index in [1.165, 1.54) is 6.07 Å². The topological polar surface area (TPSA) is 49.8 Å². The van der Waals surface area contributed by atoms with Gasteiger partial charge in [-0.3, -0.25) is 9.69 Å². The van der Waals surface area contributed by atoms with E-state index >= 15 is 0 Å². The minimum absolute atomic E-state index is 0.0369. The number of rotatable bonds is 7. The molecule has 1 N–H and O–H groups in total. The zero-order chi connectivity index (χ0) is 15.1. The highest BCUT2D eigenvalue weighted by molar-refractivity contribution is 5.82. The molecule has 0 spiro atoms. The molecule has 4 nitrogen and oxygen atoms in total. The maximum absolute atomic E-state index is 13.5. The molecule has 0 aliphatic carbocycles. The van der Waals surface area contributed by atoms with Gasteiger partial charge in [-0.25, -0.2) is 4.39 Å². The Labute approximate surface area is 124 Å². The van der Waals surface area contributed by atoms with Crippen LogP contribution in [0.3, 0.4) is 0 Å². The van der Waals surface area contributed by atoms with Crippen molar-refractivity contribution >= 4 is 5.78 Å². The Bertz CT molecular complexity index is 459. The Hall–Kier alpha value is -1.30. The second-order valence-electron chi connectivity index (χ2n) is 5.38. The molecule has 0 amide bonds. The fraction of sp³-hybridized carbons (Fsp3) is 0.562. The number of ketones is 1. The lowest BCUT2D eigenvalue weighted by atomic mass is 10.1. The lowest BCUT2D eigenvalue weighted by Crippen LogP contribution is -2.40. The maximum atomic E-state index is 13.5. The van der Waals surface area contributed by atoms with E-state index in [0.29, 0.717) is 18.7 Å². The van der Waals surface area contributed by atoms with Crippen LogP contribution >= 0.6 is 0 Å². The van der Waals surface area contributed by atoms with Crippen LogP contribution in [0.1, 0.15) is 18.4 Å². The largest absolute Gasteiger partial charge is 0.394 e. The summed E-state index contributed by atoms with van der Waals surface area (Å²) in [5.74, 6) is -0.281. The van der Waals surface area contributed by atoms with Gasteiger partial charge in [0.25, 0.3) is 0 Å². The minimum atomic E-state index is -0.318. The van der Waals surface area contributed by atoms with Crippen LogP contribution in [0.15, 0.2) is 24.3 Å². The Balaban J connectivity index is 1.73. The number of likely N-dealkylation sites (tertiary alicyclic amines) is 1. The number of aliphatic hydroxyl groups is 1. The summed E-state index contributed by atoms with van der Waals surface area (Å²) in [6.07, 6.45) is 2.06. The number of hydrogen-bond donors (Lipinski definition) is 1. The van der Waals surface area contributed by atoms with Crippen LogP contribution in [0.5, 0.6) is 0 Å². The standard InChI is InChI=1S/C16H22FNO3/c17-16-4-2-1-3-13(16)11-14(20)12-18-7-5-15(6-8-18)21-10-9-19/h1-4,15,19H,5-12H2. The zero-order valence-corrected chi connectivity index (χ0v) is 12.1. The summed E-state index contributed by atoms with van der Waals surface area (Å²) >= 11 is 0. The smallest absolute Gasteiger partial charge is 0.151 e. The third-order valence-electron chi connectivity index (χ3n) is 3.72. The minimum Gasteiger partial charge on any atom is -0.394 e. The van der Waals surface area contributed by atoms with E-state index in [1.54, 1.807) is 18.2 Å². The average Bonchev–Trinajstić information content (AvgIpc) is 2.49. The normalized spacial score (nSPS) is 17.0. The van der Waals surface area contributed by atoms with Crippen molar-refractivity contribution in [1.82, 2.24) is 4.90 Å². The molecule has 1 heterocycles. The van der Waals surface area contributed by atoms with Gasteiger partial charge in [0, 0.05) is 19.5 Å². The summed E-state index contributed by atoms with van der Waals surface area (Å²) in [5.41, 5.74) is 0.462. The fourth-order valence-electron chi connectivity index (χ4n) is 2.61. The van der Waals surface area contributed by atoms with Gasteiger partial charge >= 0.3 is 0 Å². The van der Waals surface area contributed by atoms with E-state index in [2.05, 4.69) is 4.90 Å². The van der Waals surface area contributed by atoms with Gasteiger partial charge in [-0.1, -0.05) is 18.2 Å². The molecule has 0 atom stereocenters. The average molecular weight is 295 g/mol. The fourth-order valence-corrected chi connectivity index (χ4v) is 2.61. The molecule has 0 aromatic heterocycles. The first kappa shape index (κ1) is 16.1. The van der Waals surface area contributed by atoms with Crippen LogP contribution in [0.25, 0.3) is 0 Å². The number of carbonyl (C=O) groups excluding carboxylic acids is 1. The number of ether oxygens (including phenoxy) is 1. The molecule has 1 aliphatic heterocycles. The van der Waals surface area contributed by atoms with Crippen LogP contribution in [0.4, 0.5) is 4.39 Å². The highest BCUT2D eigenvalue weighted by atomic mass is 19.1. The molecule has 1 saturated heterocycles. The molecule has 0 unspecified atom stereocenters. The number of carbonyl (C=O) groups is 1. The number of hydrogen-bond acceptors (Lipinski definition) is 4. The highest BCUT2D eigenvalue weighted by Crippen LogP contribution is 2.14. The van der Waals surface area contributed by atoms with E-state index in [9.17, 15) is 9.18 Å². The first-order valence-corrected chi connectivity index (χ1v) is 7.39. The Morgan fingerprint density at radius 3 is 2.71 bits per heavy atom. The first-order valence-electron chi connectivity index (χ1n) is 7.39. The van der Waals surface area contributed by atoms with E-state index in [1.807, 2.05) is 0 Å². The Morgan fingerprint density at radius 1 is 1.33 bits per heavy atom. The predicted octanol–water partition coefficient (Wildman–Crippen LogP) is 1.41. The van der Waals surface area contributed by atoms with Crippen LogP contribution in [-0.2, 0) is 16.0 Å². The number of nitrogens with zero attached hydrogens (tertiary/aromatic N) is 1. The van der Waals surface area contributed by atoms with Gasteiger partial charge in [-0.05, 0) is 24.5 Å². The molecule has 1 aromatic carbocycles. The summed E-state index contributed by atoms with van der Waals surface area (Å²) < 4.78 is 19.0. The molecule has 1 fully saturated rings. The summed E-state index contributed by atoms with van der Waals surface area (Å²) in [4.78, 5) is 14.1. The van der Waals surface area contributed by atoms with E-state index in [4.69, 9.17) is 9.84 Å². The third-order valence-corrected chi connectivity index (χ3v) is 3.72. The number of benzene rings is 1. The van der Waals surface area contributed by atoms with Crippen LogP contribution < -0.4 is 0 Å². The molecule has 116 valence electrons. The van der Waals surface area contributed by atoms with Crippen molar-refractivity contribution < 1.29 is 19.0 Å². The van der Waals surface area contributed by atoms with Crippen molar-refractivity contribution in [2.24, 2.45) is 0 Å². The molecule has 0 radical (unpaired) electrons. The SMILES string of the molecule is O=C(Cc1ccccc1F)CN1CCC(OCCO)CC1. The third kappa shape index (κ3) is 5.19. The molecule has 0 saturated carbocycles. The van der Waals surface area contributed by atoms with Crippen molar-refractivity contribution in [3.8, 4) is 0 Å². The number of piperidine rings is 1. The second-order valence-corrected chi connectivity index (χ2v) is 5.38. The maximum Gasteiger partial charge on any atom is 0.151 e. The van der Waals surface area contributed by atoms with Crippen molar-refractivity contribution in [2.75, 3.05) is 32.8 Å². The van der Waals surface area contributed by atoms with Crippen LogP contribution in [-0.4, -0.2) is 54.7 Å². The summed E-state index contributed by atoms with van der Waals surface area (Å²) in [5, 5.41) is 8.72. The van der Waals surface area contributed by atoms with Gasteiger partial charge in [0.15, 0.2) is 5.78 Å². The van der Waals surface area contributed by atoms with Crippen molar-refractivity contribution in [2.45, 2.75) is 25.4 Å². The Kier molecular flexibility index (Phi) is 6.29. The summed E-state index contributed by atoms with van der Waals surface area (Å²) in [6.45, 7) is 2.39. The number of aliphatic hydroxyl groups excluding tert-OH is 1.